The van der Waals surface area contributed by atoms with Gasteiger partial charge in [-0.3, -0.25) is 4.79 Å². The van der Waals surface area contributed by atoms with Crippen LogP contribution in [0.1, 0.15) is 44.1 Å². The minimum Gasteiger partial charge on any atom is -0.425 e. The monoisotopic (exact) mass is 315 g/mol. The molecule has 4 bridgehead atoms. The zero-order valence-electron chi connectivity index (χ0n) is 12.3. The van der Waals surface area contributed by atoms with Gasteiger partial charge in [-0.25, -0.2) is 0 Å². The third kappa shape index (κ3) is 2.13. The second-order valence-electron chi connectivity index (χ2n) is 7.39. The van der Waals surface area contributed by atoms with Crippen LogP contribution in [0.3, 0.4) is 0 Å². The van der Waals surface area contributed by atoms with Gasteiger partial charge in [0.05, 0.1) is 11.0 Å². The molecular weight excluding hydrogens is 298 g/mol. The van der Waals surface area contributed by atoms with Crippen molar-refractivity contribution in [2.75, 3.05) is 0 Å². The number of alkyl halides is 1. The number of nitrogens with zero attached hydrogens (tertiary/aromatic N) is 1. The van der Waals surface area contributed by atoms with E-state index in [1.807, 2.05) is 0 Å². The van der Waals surface area contributed by atoms with E-state index in [0.29, 0.717) is 23.1 Å². The first kappa shape index (κ1) is 14.1. The van der Waals surface area contributed by atoms with E-state index in [4.69, 9.17) is 21.6 Å². The fourth-order valence-corrected chi connectivity index (χ4v) is 5.94. The SMILES string of the molecule is N#Cc1ccccc1OC(=O)C12CC3CC(CC(Cl)(C3)C1)C2. The summed E-state index contributed by atoms with van der Waals surface area (Å²) < 4.78 is 5.65. The molecule has 4 fully saturated rings. The summed E-state index contributed by atoms with van der Waals surface area (Å²) in [6, 6.07) is 8.99. The number of hydrogen-bond donors (Lipinski definition) is 0. The van der Waals surface area contributed by atoms with E-state index in [2.05, 4.69) is 6.07 Å². The number of rotatable bonds is 2. The van der Waals surface area contributed by atoms with Crippen molar-refractivity contribution in [1.82, 2.24) is 0 Å². The van der Waals surface area contributed by atoms with Crippen LogP contribution in [0.4, 0.5) is 0 Å². The van der Waals surface area contributed by atoms with E-state index in [1.165, 1.54) is 6.42 Å². The van der Waals surface area contributed by atoms with Crippen molar-refractivity contribution >= 4 is 17.6 Å². The molecule has 0 spiro atoms. The Kier molecular flexibility index (Phi) is 3.03. The maximum Gasteiger partial charge on any atom is 0.317 e. The van der Waals surface area contributed by atoms with Crippen LogP contribution in [0, 0.1) is 28.6 Å². The lowest BCUT2D eigenvalue weighted by molar-refractivity contribution is -0.160. The Balaban J connectivity index is 1.62. The van der Waals surface area contributed by atoms with E-state index in [0.717, 1.165) is 32.1 Å². The molecule has 1 aromatic rings. The van der Waals surface area contributed by atoms with E-state index in [-0.39, 0.29) is 10.8 Å². The van der Waals surface area contributed by atoms with Gasteiger partial charge in [0.15, 0.2) is 0 Å². The number of nitriles is 1. The zero-order chi connectivity index (χ0) is 15.4. The van der Waals surface area contributed by atoms with Gasteiger partial charge < -0.3 is 4.74 Å². The molecule has 5 rings (SSSR count). The fourth-order valence-electron chi connectivity index (χ4n) is 5.25. The Hall–Kier alpha value is -1.53. The number of para-hydroxylation sites is 1. The zero-order valence-corrected chi connectivity index (χ0v) is 13.1. The molecule has 4 heteroatoms. The van der Waals surface area contributed by atoms with Crippen LogP contribution in [0.2, 0.25) is 0 Å². The molecule has 0 N–H and O–H groups in total. The molecule has 0 amide bonds. The molecule has 0 heterocycles. The van der Waals surface area contributed by atoms with Crippen molar-refractivity contribution in [3.8, 4) is 11.8 Å². The van der Waals surface area contributed by atoms with Gasteiger partial charge in [0, 0.05) is 4.87 Å². The van der Waals surface area contributed by atoms with Gasteiger partial charge in [-0.1, -0.05) is 12.1 Å². The summed E-state index contributed by atoms with van der Waals surface area (Å²) in [7, 11) is 0. The largest absolute Gasteiger partial charge is 0.425 e. The number of benzene rings is 1. The summed E-state index contributed by atoms with van der Waals surface area (Å²) in [4.78, 5) is 12.7. The lowest BCUT2D eigenvalue weighted by atomic mass is 9.49. The predicted octanol–water partition coefficient (Wildman–Crippen LogP) is 4.04. The second kappa shape index (κ2) is 4.73. The minimum atomic E-state index is -0.436. The molecule has 22 heavy (non-hydrogen) atoms. The van der Waals surface area contributed by atoms with Crippen molar-refractivity contribution < 1.29 is 9.53 Å². The van der Waals surface area contributed by atoms with E-state index in [9.17, 15) is 4.79 Å². The maximum absolute atomic E-state index is 12.9. The lowest BCUT2D eigenvalue weighted by Gasteiger charge is -2.58. The summed E-state index contributed by atoms with van der Waals surface area (Å²) in [6.07, 6.45) is 5.79. The molecule has 114 valence electrons. The fraction of sp³-hybridized carbons (Fsp3) is 0.556. The molecule has 0 aliphatic heterocycles. The minimum absolute atomic E-state index is 0.186. The summed E-state index contributed by atoms with van der Waals surface area (Å²) >= 11 is 6.77. The van der Waals surface area contributed by atoms with Crippen LogP contribution in [-0.4, -0.2) is 10.8 Å². The highest BCUT2D eigenvalue weighted by molar-refractivity contribution is 6.24. The van der Waals surface area contributed by atoms with E-state index < -0.39 is 5.41 Å². The van der Waals surface area contributed by atoms with Gasteiger partial charge in [-0.05, 0) is 62.5 Å². The van der Waals surface area contributed by atoms with E-state index >= 15 is 0 Å². The van der Waals surface area contributed by atoms with Crippen molar-refractivity contribution in [1.29, 1.82) is 5.26 Å². The van der Waals surface area contributed by atoms with Crippen LogP contribution < -0.4 is 4.74 Å². The molecule has 0 saturated heterocycles. The Morgan fingerprint density at radius 3 is 2.55 bits per heavy atom. The average Bonchev–Trinajstić information content (AvgIpc) is 2.45. The highest BCUT2D eigenvalue weighted by Gasteiger charge is 2.60. The number of carbonyl (C=O) groups is 1. The topological polar surface area (TPSA) is 50.1 Å². The molecule has 3 nitrogen and oxygen atoms in total. The first-order valence-corrected chi connectivity index (χ1v) is 8.30. The number of esters is 1. The van der Waals surface area contributed by atoms with Crippen molar-refractivity contribution in [2.45, 2.75) is 43.4 Å². The molecule has 1 aromatic carbocycles. The molecule has 2 unspecified atom stereocenters. The molecule has 4 saturated carbocycles. The normalized spacial score (nSPS) is 38.5. The van der Waals surface area contributed by atoms with Gasteiger partial charge in [0.1, 0.15) is 11.8 Å². The summed E-state index contributed by atoms with van der Waals surface area (Å²) in [5.74, 6) is 1.29. The smallest absolute Gasteiger partial charge is 0.317 e. The molecular formula is C18H18ClNO2. The first-order valence-electron chi connectivity index (χ1n) is 7.92. The molecule has 0 aromatic heterocycles. The summed E-state index contributed by atoms with van der Waals surface area (Å²) in [6.45, 7) is 0. The second-order valence-corrected chi connectivity index (χ2v) is 8.19. The summed E-state index contributed by atoms with van der Waals surface area (Å²) in [5.41, 5.74) is -0.0323. The van der Waals surface area contributed by atoms with Crippen molar-refractivity contribution in [2.24, 2.45) is 17.3 Å². The average molecular weight is 316 g/mol. The van der Waals surface area contributed by atoms with Gasteiger partial charge in [-0.15, -0.1) is 11.6 Å². The number of carbonyl (C=O) groups excluding carboxylic acids is 1. The number of hydrogen-bond acceptors (Lipinski definition) is 3. The lowest BCUT2D eigenvalue weighted by Crippen LogP contribution is -2.56. The summed E-state index contributed by atoms with van der Waals surface area (Å²) in [5, 5.41) is 9.14. The third-order valence-electron chi connectivity index (χ3n) is 5.63. The Morgan fingerprint density at radius 1 is 1.23 bits per heavy atom. The first-order chi connectivity index (χ1) is 10.5. The molecule has 0 radical (unpaired) electrons. The molecule has 4 aliphatic rings. The van der Waals surface area contributed by atoms with Gasteiger partial charge >= 0.3 is 5.97 Å². The quantitative estimate of drug-likeness (QED) is 0.470. The van der Waals surface area contributed by atoms with Crippen LogP contribution in [0.25, 0.3) is 0 Å². The van der Waals surface area contributed by atoms with Crippen LogP contribution in [0.15, 0.2) is 24.3 Å². The van der Waals surface area contributed by atoms with E-state index in [1.54, 1.807) is 24.3 Å². The standard InChI is InChI=1S/C18H18ClNO2/c19-18-8-12-5-13(9-18)7-17(6-12,11-18)16(21)22-15-4-2-1-3-14(15)10-20/h1-4,12-13H,5-9,11H2. The van der Waals surface area contributed by atoms with Gasteiger partial charge in [0.25, 0.3) is 0 Å². The Bertz CT molecular complexity index is 664. The maximum atomic E-state index is 12.9. The highest BCUT2D eigenvalue weighted by atomic mass is 35.5. The van der Waals surface area contributed by atoms with Crippen molar-refractivity contribution in [3.05, 3.63) is 29.8 Å². The van der Waals surface area contributed by atoms with Crippen LogP contribution in [0.5, 0.6) is 5.75 Å². The van der Waals surface area contributed by atoms with Crippen LogP contribution >= 0.6 is 11.6 Å². The molecule has 4 aliphatic carbocycles. The van der Waals surface area contributed by atoms with Gasteiger partial charge in [-0.2, -0.15) is 5.26 Å². The Labute approximate surface area is 135 Å². The number of halogens is 1. The highest BCUT2D eigenvalue weighted by Crippen LogP contribution is 2.64. The third-order valence-corrected chi connectivity index (χ3v) is 6.08. The number of ether oxygens (including phenoxy) is 1. The predicted molar refractivity (Wildman–Crippen MR) is 82.5 cm³/mol. The van der Waals surface area contributed by atoms with Crippen molar-refractivity contribution in [3.63, 3.8) is 0 Å². The molecule has 2 atom stereocenters. The Morgan fingerprint density at radius 2 is 1.91 bits per heavy atom. The van der Waals surface area contributed by atoms with Crippen LogP contribution in [-0.2, 0) is 4.79 Å². The van der Waals surface area contributed by atoms with Gasteiger partial charge in [0.2, 0.25) is 0 Å².